The molecule has 0 aliphatic carbocycles. The molecule has 0 atom stereocenters. The minimum absolute atomic E-state index is 0.142. The second-order valence-corrected chi connectivity index (χ2v) is 5.10. The van der Waals surface area contributed by atoms with Crippen molar-refractivity contribution in [1.29, 1.82) is 0 Å². The van der Waals surface area contributed by atoms with E-state index in [1.807, 2.05) is 18.2 Å². The fourth-order valence-electron chi connectivity index (χ4n) is 2.39. The number of hydrogen-bond donors (Lipinski definition) is 2. The summed E-state index contributed by atoms with van der Waals surface area (Å²) in [6.45, 7) is 5.04. The second-order valence-electron chi connectivity index (χ2n) is 5.10. The summed E-state index contributed by atoms with van der Waals surface area (Å²) in [5.74, 6) is 0.787. The summed E-state index contributed by atoms with van der Waals surface area (Å²) in [5.41, 5.74) is 2.31. The van der Waals surface area contributed by atoms with Crippen molar-refractivity contribution in [2.24, 2.45) is 5.92 Å². The van der Waals surface area contributed by atoms with Gasteiger partial charge in [-0.05, 0) is 49.9 Å². The first-order valence-electron chi connectivity index (χ1n) is 6.77. The quantitative estimate of drug-likeness (QED) is 0.848. The number of hydrogen-bond acceptors (Lipinski definition) is 2. The van der Waals surface area contributed by atoms with Gasteiger partial charge in [0, 0.05) is 6.54 Å². The zero-order chi connectivity index (χ0) is 12.8. The summed E-state index contributed by atoms with van der Waals surface area (Å²) >= 11 is 0. The van der Waals surface area contributed by atoms with Crippen LogP contribution in [0.4, 0.5) is 0 Å². The lowest BCUT2D eigenvalue weighted by Gasteiger charge is -2.22. The number of aryl methyl sites for hydroxylation is 1. The van der Waals surface area contributed by atoms with Gasteiger partial charge in [-0.2, -0.15) is 0 Å². The van der Waals surface area contributed by atoms with Gasteiger partial charge < -0.3 is 10.6 Å². The summed E-state index contributed by atoms with van der Waals surface area (Å²) in [5, 5.41) is 6.40. The summed E-state index contributed by atoms with van der Waals surface area (Å²) < 4.78 is 0. The molecule has 1 saturated heterocycles. The van der Waals surface area contributed by atoms with Crippen LogP contribution in [0.3, 0.4) is 0 Å². The lowest BCUT2D eigenvalue weighted by molar-refractivity contribution is -0.120. The third kappa shape index (κ3) is 3.84. The Morgan fingerprint density at radius 1 is 1.33 bits per heavy atom. The van der Waals surface area contributed by atoms with Crippen LogP contribution in [-0.4, -0.2) is 25.5 Å². The molecule has 0 radical (unpaired) electrons. The number of carbonyl (C=O) groups is 1. The minimum atomic E-state index is 0.142. The van der Waals surface area contributed by atoms with Gasteiger partial charge in [0.1, 0.15) is 0 Å². The molecule has 2 N–H and O–H groups in total. The molecule has 1 aromatic carbocycles. The molecule has 2 rings (SSSR count). The van der Waals surface area contributed by atoms with E-state index in [-0.39, 0.29) is 5.91 Å². The Kier molecular flexibility index (Phi) is 4.76. The first-order valence-corrected chi connectivity index (χ1v) is 6.77. The van der Waals surface area contributed by atoms with Crippen LogP contribution < -0.4 is 10.6 Å². The first-order chi connectivity index (χ1) is 8.75. The monoisotopic (exact) mass is 246 g/mol. The number of rotatable bonds is 4. The molecule has 1 aliphatic rings. The molecule has 3 heteroatoms. The zero-order valence-corrected chi connectivity index (χ0v) is 11.0. The highest BCUT2D eigenvalue weighted by Gasteiger charge is 2.14. The Bertz CT molecular complexity index is 397. The standard InChI is InChI=1S/C15H22N2O/c1-12-4-2-3-5-14(12)10-15(18)17-11-13-6-8-16-9-7-13/h2-5,13,16H,6-11H2,1H3,(H,17,18). The molecule has 3 nitrogen and oxygen atoms in total. The number of benzene rings is 1. The highest BCUT2D eigenvalue weighted by atomic mass is 16.1. The lowest BCUT2D eigenvalue weighted by atomic mass is 9.98. The maximum atomic E-state index is 11.9. The fourth-order valence-corrected chi connectivity index (χ4v) is 2.39. The molecule has 0 bridgehead atoms. The predicted octanol–water partition coefficient (Wildman–Crippen LogP) is 1.65. The average molecular weight is 246 g/mol. The van der Waals surface area contributed by atoms with Crippen LogP contribution in [0, 0.1) is 12.8 Å². The van der Waals surface area contributed by atoms with Crippen LogP contribution in [0.15, 0.2) is 24.3 Å². The van der Waals surface area contributed by atoms with Crippen molar-refractivity contribution in [1.82, 2.24) is 10.6 Å². The smallest absolute Gasteiger partial charge is 0.224 e. The van der Waals surface area contributed by atoms with E-state index in [9.17, 15) is 4.79 Å². The van der Waals surface area contributed by atoms with Gasteiger partial charge in [0.25, 0.3) is 0 Å². The molecule has 1 aromatic rings. The van der Waals surface area contributed by atoms with Gasteiger partial charge in [0.2, 0.25) is 5.91 Å². The largest absolute Gasteiger partial charge is 0.356 e. The molecule has 18 heavy (non-hydrogen) atoms. The molecule has 1 heterocycles. The number of nitrogens with one attached hydrogen (secondary N) is 2. The molecule has 0 spiro atoms. The van der Waals surface area contributed by atoms with E-state index < -0.39 is 0 Å². The Morgan fingerprint density at radius 2 is 2.06 bits per heavy atom. The number of amides is 1. The third-order valence-corrected chi connectivity index (χ3v) is 3.66. The molecule has 0 unspecified atom stereocenters. The van der Waals surface area contributed by atoms with Gasteiger partial charge in [-0.25, -0.2) is 0 Å². The van der Waals surface area contributed by atoms with Crippen LogP contribution in [-0.2, 0) is 11.2 Å². The molecule has 1 aliphatic heterocycles. The van der Waals surface area contributed by atoms with E-state index in [2.05, 4.69) is 23.6 Å². The van der Waals surface area contributed by atoms with Crippen molar-refractivity contribution in [2.45, 2.75) is 26.2 Å². The van der Waals surface area contributed by atoms with Crippen LogP contribution in [0.2, 0.25) is 0 Å². The molecule has 1 amide bonds. The topological polar surface area (TPSA) is 41.1 Å². The van der Waals surface area contributed by atoms with E-state index in [1.165, 1.54) is 18.4 Å². The van der Waals surface area contributed by atoms with Gasteiger partial charge in [0.15, 0.2) is 0 Å². The molecule has 1 fully saturated rings. The van der Waals surface area contributed by atoms with Crippen LogP contribution in [0.25, 0.3) is 0 Å². The molecular weight excluding hydrogens is 224 g/mol. The Labute approximate surface area is 109 Å². The highest BCUT2D eigenvalue weighted by Crippen LogP contribution is 2.11. The van der Waals surface area contributed by atoms with E-state index in [0.29, 0.717) is 12.3 Å². The normalized spacial score (nSPS) is 16.5. The van der Waals surface area contributed by atoms with E-state index in [1.54, 1.807) is 0 Å². The molecule has 0 aromatic heterocycles. The SMILES string of the molecule is Cc1ccccc1CC(=O)NCC1CCNCC1. The van der Waals surface area contributed by atoms with E-state index in [0.717, 1.165) is 25.2 Å². The highest BCUT2D eigenvalue weighted by molar-refractivity contribution is 5.78. The fraction of sp³-hybridized carbons (Fsp3) is 0.533. The average Bonchev–Trinajstić information content (AvgIpc) is 2.40. The minimum Gasteiger partial charge on any atom is -0.356 e. The van der Waals surface area contributed by atoms with Gasteiger partial charge in [-0.15, -0.1) is 0 Å². The van der Waals surface area contributed by atoms with E-state index in [4.69, 9.17) is 0 Å². The molecule has 0 saturated carbocycles. The first kappa shape index (κ1) is 13.1. The van der Waals surface area contributed by atoms with Gasteiger partial charge in [-0.3, -0.25) is 4.79 Å². The maximum Gasteiger partial charge on any atom is 0.224 e. The number of piperidine rings is 1. The van der Waals surface area contributed by atoms with Crippen LogP contribution in [0.1, 0.15) is 24.0 Å². The van der Waals surface area contributed by atoms with Crippen LogP contribution in [0.5, 0.6) is 0 Å². The summed E-state index contributed by atoms with van der Waals surface area (Å²) in [4.78, 5) is 11.9. The Hall–Kier alpha value is -1.35. The number of carbonyl (C=O) groups excluding carboxylic acids is 1. The van der Waals surface area contributed by atoms with Gasteiger partial charge in [0.05, 0.1) is 6.42 Å². The summed E-state index contributed by atoms with van der Waals surface area (Å²) in [6, 6.07) is 8.07. The third-order valence-electron chi connectivity index (χ3n) is 3.66. The van der Waals surface area contributed by atoms with Crippen LogP contribution >= 0.6 is 0 Å². The van der Waals surface area contributed by atoms with Crippen molar-refractivity contribution in [3.8, 4) is 0 Å². The molecule has 98 valence electrons. The summed E-state index contributed by atoms with van der Waals surface area (Å²) in [6.07, 6.45) is 2.84. The predicted molar refractivity (Wildman–Crippen MR) is 73.5 cm³/mol. The van der Waals surface area contributed by atoms with Gasteiger partial charge >= 0.3 is 0 Å². The van der Waals surface area contributed by atoms with Crippen molar-refractivity contribution in [3.63, 3.8) is 0 Å². The lowest BCUT2D eigenvalue weighted by Crippen LogP contribution is -2.36. The van der Waals surface area contributed by atoms with E-state index >= 15 is 0 Å². The Morgan fingerprint density at radius 3 is 2.78 bits per heavy atom. The van der Waals surface area contributed by atoms with Gasteiger partial charge in [-0.1, -0.05) is 24.3 Å². The maximum absolute atomic E-state index is 11.9. The zero-order valence-electron chi connectivity index (χ0n) is 11.0. The van der Waals surface area contributed by atoms with Crippen molar-refractivity contribution in [2.75, 3.05) is 19.6 Å². The van der Waals surface area contributed by atoms with Crippen molar-refractivity contribution < 1.29 is 4.79 Å². The molecular formula is C15H22N2O. The Balaban J connectivity index is 1.76. The van der Waals surface area contributed by atoms with Crippen molar-refractivity contribution >= 4 is 5.91 Å². The summed E-state index contributed by atoms with van der Waals surface area (Å²) in [7, 11) is 0. The van der Waals surface area contributed by atoms with Crippen molar-refractivity contribution in [3.05, 3.63) is 35.4 Å². The second kappa shape index (κ2) is 6.55.